The highest BCUT2D eigenvalue weighted by molar-refractivity contribution is 5.87. The van der Waals surface area contributed by atoms with E-state index >= 15 is 0 Å². The van der Waals surface area contributed by atoms with Crippen molar-refractivity contribution < 1.29 is 19.7 Å². The summed E-state index contributed by atoms with van der Waals surface area (Å²) in [5.41, 5.74) is 3.15. The van der Waals surface area contributed by atoms with Crippen molar-refractivity contribution in [3.8, 4) is 22.6 Å². The van der Waals surface area contributed by atoms with Crippen molar-refractivity contribution in [2.75, 3.05) is 18.9 Å². The summed E-state index contributed by atoms with van der Waals surface area (Å²) in [5.74, 6) is 0.365. The molecule has 0 saturated carbocycles. The molecule has 182 valence electrons. The third-order valence-corrected chi connectivity index (χ3v) is 5.90. The summed E-state index contributed by atoms with van der Waals surface area (Å²) in [5, 5.41) is 31.4. The smallest absolute Gasteiger partial charge is 0.252 e. The first kappa shape index (κ1) is 22.9. The molecule has 4 heterocycles. The van der Waals surface area contributed by atoms with E-state index in [9.17, 15) is 15.0 Å². The zero-order chi connectivity index (χ0) is 24.7. The van der Waals surface area contributed by atoms with Gasteiger partial charge in [-0.2, -0.15) is 5.10 Å². The predicted molar refractivity (Wildman–Crippen MR) is 127 cm³/mol. The summed E-state index contributed by atoms with van der Waals surface area (Å²) in [6.45, 7) is 2.13. The fourth-order valence-electron chi connectivity index (χ4n) is 4.24. The lowest BCUT2D eigenvalue weighted by Crippen LogP contribution is -2.42. The van der Waals surface area contributed by atoms with E-state index in [1.165, 1.54) is 10.9 Å². The number of carbonyl (C=O) groups is 1. The number of nitrogens with zero attached hydrogens (tertiary/aromatic N) is 6. The average molecular weight is 479 g/mol. The molecule has 4 aromatic rings. The molecular formula is C23H26N8O4. The number of aryl methyl sites for hydroxylation is 1. The molecular weight excluding hydrogens is 452 g/mol. The van der Waals surface area contributed by atoms with Crippen molar-refractivity contribution in [2.24, 2.45) is 7.05 Å². The molecule has 1 aromatic carbocycles. The third-order valence-electron chi connectivity index (χ3n) is 5.90. The van der Waals surface area contributed by atoms with Crippen molar-refractivity contribution >= 4 is 22.9 Å². The van der Waals surface area contributed by atoms with Crippen molar-refractivity contribution in [2.45, 2.75) is 31.5 Å². The second kappa shape index (κ2) is 9.06. The number of hydrogen-bond acceptors (Lipinski definition) is 9. The van der Waals surface area contributed by atoms with Crippen LogP contribution in [-0.2, 0) is 16.6 Å². The summed E-state index contributed by atoms with van der Waals surface area (Å²) in [4.78, 5) is 26.1. The first-order valence-electron chi connectivity index (χ1n) is 11.2. The van der Waals surface area contributed by atoms with E-state index in [4.69, 9.17) is 9.72 Å². The van der Waals surface area contributed by atoms with Crippen LogP contribution in [0.1, 0.15) is 13.2 Å². The van der Waals surface area contributed by atoms with E-state index in [2.05, 4.69) is 25.7 Å². The Morgan fingerprint density at radius 2 is 1.94 bits per heavy atom. The Morgan fingerprint density at radius 3 is 2.66 bits per heavy atom. The maximum atomic E-state index is 12.3. The molecule has 3 aromatic heterocycles. The van der Waals surface area contributed by atoms with Crippen LogP contribution >= 0.6 is 0 Å². The lowest BCUT2D eigenvalue weighted by Gasteiger charge is -2.17. The molecule has 4 N–H and O–H groups in total. The number of carbonyl (C=O) groups excluding carboxylic acids is 1. The molecule has 0 bridgehead atoms. The summed E-state index contributed by atoms with van der Waals surface area (Å²) in [7, 11) is 3.55. The third kappa shape index (κ3) is 3.91. The quantitative estimate of drug-likeness (QED) is 0.314. The summed E-state index contributed by atoms with van der Waals surface area (Å²) >= 11 is 0. The Kier molecular flexibility index (Phi) is 5.93. The van der Waals surface area contributed by atoms with Gasteiger partial charge in [0.1, 0.15) is 17.9 Å². The lowest BCUT2D eigenvalue weighted by atomic mass is 10.1. The summed E-state index contributed by atoms with van der Waals surface area (Å²) in [6.07, 6.45) is -1.78. The molecule has 1 fully saturated rings. The van der Waals surface area contributed by atoms with Gasteiger partial charge in [-0.15, -0.1) is 0 Å². The van der Waals surface area contributed by atoms with Gasteiger partial charge in [0.15, 0.2) is 35.1 Å². The van der Waals surface area contributed by atoms with Crippen molar-refractivity contribution in [1.82, 2.24) is 34.6 Å². The molecule has 12 nitrogen and oxygen atoms in total. The van der Waals surface area contributed by atoms with Crippen LogP contribution in [0.5, 0.6) is 0 Å². The highest BCUT2D eigenvalue weighted by Gasteiger charge is 2.47. The number of amides is 1. The Hall–Kier alpha value is -3.87. The summed E-state index contributed by atoms with van der Waals surface area (Å²) < 4.78 is 8.98. The number of hydrogen-bond donors (Lipinski definition) is 4. The largest absolute Gasteiger partial charge is 0.387 e. The van der Waals surface area contributed by atoms with Gasteiger partial charge in [-0.05, 0) is 6.92 Å². The molecule has 1 aliphatic heterocycles. The van der Waals surface area contributed by atoms with E-state index in [1.54, 1.807) is 18.7 Å². The van der Waals surface area contributed by atoms with Crippen molar-refractivity contribution in [3.05, 3.63) is 42.9 Å². The van der Waals surface area contributed by atoms with Crippen LogP contribution in [0.4, 0.5) is 5.82 Å². The monoisotopic (exact) mass is 478 g/mol. The number of imidazole rings is 1. The van der Waals surface area contributed by atoms with Crippen LogP contribution in [-0.4, -0.2) is 77.3 Å². The number of nitrogens with one attached hydrogen (secondary N) is 2. The molecule has 5 rings (SSSR count). The zero-order valence-corrected chi connectivity index (χ0v) is 19.5. The zero-order valence-electron chi connectivity index (χ0n) is 19.5. The van der Waals surface area contributed by atoms with E-state index in [1.807, 2.05) is 43.6 Å². The number of ether oxygens (including phenoxy) is 1. The minimum Gasteiger partial charge on any atom is -0.387 e. The van der Waals surface area contributed by atoms with Crippen molar-refractivity contribution in [3.63, 3.8) is 0 Å². The van der Waals surface area contributed by atoms with Gasteiger partial charge in [0.05, 0.1) is 11.9 Å². The van der Waals surface area contributed by atoms with Crippen LogP contribution in [0.15, 0.2) is 42.9 Å². The van der Waals surface area contributed by atoms with Gasteiger partial charge in [0, 0.05) is 32.4 Å². The second-order valence-electron chi connectivity index (χ2n) is 8.22. The first-order chi connectivity index (χ1) is 16.9. The van der Waals surface area contributed by atoms with Gasteiger partial charge < -0.3 is 25.6 Å². The topological polar surface area (TPSA) is 152 Å². The molecule has 35 heavy (non-hydrogen) atoms. The van der Waals surface area contributed by atoms with Crippen LogP contribution in [0, 0.1) is 0 Å². The van der Waals surface area contributed by atoms with Gasteiger partial charge in [-0.25, -0.2) is 15.0 Å². The molecule has 0 radical (unpaired) electrons. The summed E-state index contributed by atoms with van der Waals surface area (Å²) in [6, 6.07) is 9.71. The highest BCUT2D eigenvalue weighted by Crippen LogP contribution is 2.35. The lowest BCUT2D eigenvalue weighted by molar-refractivity contribution is -0.137. The van der Waals surface area contributed by atoms with E-state index in [-0.39, 0.29) is 0 Å². The van der Waals surface area contributed by atoms with Gasteiger partial charge in [-0.3, -0.25) is 14.0 Å². The predicted octanol–water partition coefficient (Wildman–Crippen LogP) is 0.691. The molecule has 1 saturated heterocycles. The van der Waals surface area contributed by atoms with Gasteiger partial charge in [0.2, 0.25) is 0 Å². The molecule has 1 amide bonds. The Bertz CT molecular complexity index is 1370. The Labute approximate surface area is 200 Å². The van der Waals surface area contributed by atoms with Crippen LogP contribution in [0.2, 0.25) is 0 Å². The molecule has 0 aliphatic carbocycles. The Morgan fingerprint density at radius 1 is 1.17 bits per heavy atom. The standard InChI is InChI=1S/C23H26N8O4/c1-4-25-22(34)18-16(32)17(33)23(35-18)31-11-26-15-20(24-2)27-19(28-21(15)31)13-10-30(3)29-14(13)12-8-6-5-7-9-12/h5-11,16-18,23,32-33H,4H2,1-3H3,(H,25,34)(H,24,27,28). The van der Waals surface area contributed by atoms with Crippen LogP contribution < -0.4 is 10.6 Å². The normalized spacial score (nSPS) is 22.0. The number of likely N-dealkylation sites (N-methyl/N-ethyl adjacent to an activating group) is 1. The number of aliphatic hydroxyl groups excluding tert-OH is 2. The van der Waals surface area contributed by atoms with Gasteiger partial charge in [-0.1, -0.05) is 30.3 Å². The fourth-order valence-corrected chi connectivity index (χ4v) is 4.24. The van der Waals surface area contributed by atoms with E-state index in [0.717, 1.165) is 5.56 Å². The fraction of sp³-hybridized carbons (Fsp3) is 0.348. The maximum absolute atomic E-state index is 12.3. The maximum Gasteiger partial charge on any atom is 0.252 e. The minimum atomic E-state index is -1.41. The number of fused-ring (bicyclic) bond motifs is 1. The molecule has 4 atom stereocenters. The van der Waals surface area contributed by atoms with E-state index < -0.39 is 30.4 Å². The van der Waals surface area contributed by atoms with Gasteiger partial charge >= 0.3 is 0 Å². The number of benzene rings is 1. The molecule has 12 heteroatoms. The van der Waals surface area contributed by atoms with Gasteiger partial charge in [0.25, 0.3) is 5.91 Å². The number of anilines is 1. The minimum absolute atomic E-state index is 0.370. The highest BCUT2D eigenvalue weighted by atomic mass is 16.6. The molecule has 0 spiro atoms. The number of rotatable bonds is 6. The van der Waals surface area contributed by atoms with E-state index in [0.29, 0.717) is 40.6 Å². The SMILES string of the molecule is CCNC(=O)C1OC(n2cnc3c(NC)nc(-c4cn(C)nc4-c4ccccc4)nc32)C(O)C1O. The number of aromatic nitrogens is 6. The second-order valence-corrected chi connectivity index (χ2v) is 8.22. The Balaban J connectivity index is 1.61. The number of aliphatic hydroxyl groups is 2. The van der Waals surface area contributed by atoms with Crippen LogP contribution in [0.25, 0.3) is 33.8 Å². The van der Waals surface area contributed by atoms with Crippen LogP contribution in [0.3, 0.4) is 0 Å². The van der Waals surface area contributed by atoms with Crippen molar-refractivity contribution in [1.29, 1.82) is 0 Å². The molecule has 4 unspecified atom stereocenters. The average Bonchev–Trinajstić information content (AvgIpc) is 3.55. The molecule has 1 aliphatic rings. The first-order valence-corrected chi connectivity index (χ1v) is 11.2.